The summed E-state index contributed by atoms with van der Waals surface area (Å²) in [5.41, 5.74) is 5.28. The van der Waals surface area contributed by atoms with Crippen molar-refractivity contribution in [3.05, 3.63) is 47.1 Å². The summed E-state index contributed by atoms with van der Waals surface area (Å²) in [5.74, 6) is -0.0939. The van der Waals surface area contributed by atoms with Gasteiger partial charge in [-0.15, -0.1) is 0 Å². The molecule has 1 amide bonds. The van der Waals surface area contributed by atoms with Gasteiger partial charge in [-0.2, -0.15) is 0 Å². The van der Waals surface area contributed by atoms with Gasteiger partial charge in [-0.25, -0.2) is 23.4 Å². The molecule has 2 aromatic rings. The van der Waals surface area contributed by atoms with Crippen molar-refractivity contribution in [3.63, 3.8) is 0 Å². The number of nitrogens with one attached hydrogen (secondary N) is 2. The van der Waals surface area contributed by atoms with E-state index in [9.17, 15) is 13.2 Å². The Kier molecular flexibility index (Phi) is 8.98. The molecule has 2 aromatic heterocycles. The normalized spacial score (nSPS) is 19.9. The first-order valence-corrected chi connectivity index (χ1v) is 13.1. The zero-order chi connectivity index (χ0) is 25.6. The molecule has 13 heteroatoms. The van der Waals surface area contributed by atoms with Crippen LogP contribution >= 0.6 is 11.6 Å². The van der Waals surface area contributed by atoms with Crippen LogP contribution in [-0.4, -0.2) is 66.4 Å². The summed E-state index contributed by atoms with van der Waals surface area (Å²) in [7, 11) is -0.984. The van der Waals surface area contributed by atoms with Gasteiger partial charge < -0.3 is 9.47 Å². The number of ether oxygens (including phenoxy) is 2. The molecule has 0 saturated heterocycles. The predicted molar refractivity (Wildman–Crippen MR) is 131 cm³/mol. The number of carbonyl (C=O) groups is 1. The van der Waals surface area contributed by atoms with Crippen LogP contribution in [-0.2, 0) is 14.6 Å². The minimum atomic E-state index is -3.82. The second kappa shape index (κ2) is 11.7. The Hall–Kier alpha value is -2.83. The van der Waals surface area contributed by atoms with Crippen molar-refractivity contribution >= 4 is 33.2 Å². The van der Waals surface area contributed by atoms with Crippen molar-refractivity contribution < 1.29 is 22.7 Å². The number of rotatable bonds is 9. The number of amidine groups is 1. The van der Waals surface area contributed by atoms with E-state index in [2.05, 4.69) is 30.8 Å². The maximum atomic E-state index is 13.3. The van der Waals surface area contributed by atoms with E-state index in [0.717, 1.165) is 12.8 Å². The highest BCUT2D eigenvalue weighted by Crippen LogP contribution is 2.30. The summed E-state index contributed by atoms with van der Waals surface area (Å²) in [5, 5.41) is -0.677. The molecule has 1 fully saturated rings. The molecule has 190 valence electrons. The van der Waals surface area contributed by atoms with Crippen molar-refractivity contribution in [2.24, 2.45) is 10.9 Å². The molecule has 1 aliphatic rings. The molecule has 1 saturated carbocycles. The molecule has 0 spiro atoms. The molecular weight excluding hydrogens is 496 g/mol. The Morgan fingerprint density at radius 3 is 2.51 bits per heavy atom. The van der Waals surface area contributed by atoms with Crippen molar-refractivity contribution in [2.75, 3.05) is 20.0 Å². The average molecular weight is 525 g/mol. The molecule has 1 aliphatic carbocycles. The maximum absolute atomic E-state index is 13.3. The molecule has 0 unspecified atom stereocenters. The van der Waals surface area contributed by atoms with Crippen LogP contribution < -0.4 is 15.6 Å². The van der Waals surface area contributed by atoms with Crippen LogP contribution in [0.5, 0.6) is 5.88 Å². The van der Waals surface area contributed by atoms with Gasteiger partial charge in [0.2, 0.25) is 5.88 Å². The fourth-order valence-corrected chi connectivity index (χ4v) is 4.98. The first-order chi connectivity index (χ1) is 16.6. The van der Waals surface area contributed by atoms with Gasteiger partial charge in [0.15, 0.2) is 15.7 Å². The SMILES string of the molecule is COc1cccc(C(=O)NNC(CS(=O)(=O)[C@@H](C)[C@H](OC)c2ncc(Cl)cn2)=N[C@H]2CC[C@@H]2C)n1. The summed E-state index contributed by atoms with van der Waals surface area (Å²) < 4.78 is 37.1. The number of pyridine rings is 1. The smallest absolute Gasteiger partial charge is 0.288 e. The highest BCUT2D eigenvalue weighted by Gasteiger charge is 2.35. The lowest BCUT2D eigenvalue weighted by Crippen LogP contribution is -2.47. The zero-order valence-electron chi connectivity index (χ0n) is 19.9. The summed E-state index contributed by atoms with van der Waals surface area (Å²) in [4.78, 5) is 29.4. The predicted octanol–water partition coefficient (Wildman–Crippen LogP) is 2.16. The van der Waals surface area contributed by atoms with E-state index < -0.39 is 32.9 Å². The minimum Gasteiger partial charge on any atom is -0.481 e. The van der Waals surface area contributed by atoms with Crippen molar-refractivity contribution in [1.82, 2.24) is 25.8 Å². The number of hydrogen-bond donors (Lipinski definition) is 2. The van der Waals surface area contributed by atoms with Crippen LogP contribution in [0.4, 0.5) is 0 Å². The second-order valence-corrected chi connectivity index (χ2v) is 11.1. The topological polar surface area (TPSA) is 145 Å². The lowest BCUT2D eigenvalue weighted by atomic mass is 9.82. The second-order valence-electron chi connectivity index (χ2n) is 8.27. The first kappa shape index (κ1) is 26.8. The Morgan fingerprint density at radius 2 is 1.94 bits per heavy atom. The fourth-order valence-electron chi connectivity index (χ4n) is 3.48. The van der Waals surface area contributed by atoms with Gasteiger partial charge in [0.05, 0.1) is 23.4 Å². The average Bonchev–Trinajstić information content (AvgIpc) is 2.85. The number of aliphatic imine (C=N–C) groups is 1. The van der Waals surface area contributed by atoms with E-state index in [-0.39, 0.29) is 29.3 Å². The molecule has 0 aromatic carbocycles. The third-order valence-electron chi connectivity index (χ3n) is 5.86. The van der Waals surface area contributed by atoms with Gasteiger partial charge in [-0.05, 0) is 31.7 Å². The highest BCUT2D eigenvalue weighted by atomic mass is 35.5. The van der Waals surface area contributed by atoms with Gasteiger partial charge in [0.25, 0.3) is 5.91 Å². The number of methoxy groups -OCH3 is 2. The Bertz CT molecular complexity index is 1160. The van der Waals surface area contributed by atoms with Crippen LogP contribution in [0.25, 0.3) is 0 Å². The van der Waals surface area contributed by atoms with Crippen LogP contribution in [0.2, 0.25) is 5.02 Å². The summed E-state index contributed by atoms with van der Waals surface area (Å²) in [6.45, 7) is 3.56. The molecule has 2 heterocycles. The van der Waals surface area contributed by atoms with Gasteiger partial charge in [-0.1, -0.05) is 24.6 Å². The zero-order valence-corrected chi connectivity index (χ0v) is 21.5. The largest absolute Gasteiger partial charge is 0.481 e. The summed E-state index contributed by atoms with van der Waals surface area (Å²) in [6.07, 6.45) is 3.68. The number of carbonyl (C=O) groups excluding carboxylic acids is 1. The van der Waals surface area contributed by atoms with Gasteiger partial charge in [0, 0.05) is 25.6 Å². The number of hydrogen-bond acceptors (Lipinski definition) is 9. The molecule has 4 atom stereocenters. The number of nitrogens with zero attached hydrogens (tertiary/aromatic N) is 4. The third kappa shape index (κ3) is 6.86. The number of sulfone groups is 1. The lowest BCUT2D eigenvalue weighted by Gasteiger charge is -2.31. The van der Waals surface area contributed by atoms with E-state index in [0.29, 0.717) is 10.9 Å². The summed E-state index contributed by atoms with van der Waals surface area (Å²) in [6, 6.07) is 4.72. The molecule has 3 rings (SSSR count). The van der Waals surface area contributed by atoms with E-state index in [1.165, 1.54) is 39.6 Å². The standard InChI is InChI=1S/C22H29ClN6O5S/c1-13-8-9-16(13)26-18(28-29-22(30)17-6-5-7-19(27-17)33-3)12-35(31,32)14(2)20(34-4)21-24-10-15(23)11-25-21/h5-7,10-11,13-14,16,20H,8-9,12H2,1-4H3,(H,26,28)(H,29,30)/t13-,14-,16-,20-/m0/s1. The molecule has 11 nitrogen and oxygen atoms in total. The minimum absolute atomic E-state index is 0.0346. The first-order valence-electron chi connectivity index (χ1n) is 11.0. The monoisotopic (exact) mass is 524 g/mol. The molecular formula is C22H29ClN6O5S. The molecule has 2 N–H and O–H groups in total. The van der Waals surface area contributed by atoms with Crippen molar-refractivity contribution in [3.8, 4) is 5.88 Å². The van der Waals surface area contributed by atoms with Crippen LogP contribution in [0, 0.1) is 5.92 Å². The quantitative estimate of drug-likeness (QED) is 0.286. The Balaban J connectivity index is 1.77. The number of amides is 1. The Labute approximate surface area is 209 Å². The van der Waals surface area contributed by atoms with E-state index in [4.69, 9.17) is 21.1 Å². The Morgan fingerprint density at radius 1 is 1.23 bits per heavy atom. The van der Waals surface area contributed by atoms with E-state index >= 15 is 0 Å². The summed E-state index contributed by atoms with van der Waals surface area (Å²) >= 11 is 5.84. The van der Waals surface area contributed by atoms with Crippen molar-refractivity contribution in [2.45, 2.75) is 44.1 Å². The molecule has 0 radical (unpaired) electrons. The lowest BCUT2D eigenvalue weighted by molar-refractivity contribution is 0.0936. The van der Waals surface area contributed by atoms with Crippen LogP contribution in [0.3, 0.4) is 0 Å². The molecule has 0 aliphatic heterocycles. The maximum Gasteiger partial charge on any atom is 0.288 e. The van der Waals surface area contributed by atoms with Gasteiger partial charge >= 0.3 is 0 Å². The number of aromatic nitrogens is 3. The van der Waals surface area contributed by atoms with Gasteiger partial charge in [-0.3, -0.25) is 20.6 Å². The van der Waals surface area contributed by atoms with E-state index in [1.54, 1.807) is 12.1 Å². The van der Waals surface area contributed by atoms with Crippen molar-refractivity contribution in [1.29, 1.82) is 0 Å². The van der Waals surface area contributed by atoms with Crippen LogP contribution in [0.1, 0.15) is 49.1 Å². The number of halogens is 1. The molecule has 0 bridgehead atoms. The van der Waals surface area contributed by atoms with Crippen LogP contribution in [0.15, 0.2) is 35.6 Å². The third-order valence-corrected chi connectivity index (χ3v) is 8.11. The highest BCUT2D eigenvalue weighted by molar-refractivity contribution is 7.92. The number of hydrazine groups is 1. The fraction of sp³-hybridized carbons (Fsp3) is 0.500. The molecule has 35 heavy (non-hydrogen) atoms. The van der Waals surface area contributed by atoms with Gasteiger partial charge in [0.1, 0.15) is 23.4 Å². The van der Waals surface area contributed by atoms with E-state index in [1.807, 2.05) is 6.92 Å².